The number of allylic oxidation sites excluding steroid dienone is 16. The Hall–Kier alpha value is -3.67. The number of esters is 3. The van der Waals surface area contributed by atoms with Gasteiger partial charge in [-0.05, 0) is 116 Å². The number of rotatable bonds is 65. The second kappa shape index (κ2) is 70.8. The lowest BCUT2D eigenvalue weighted by Gasteiger charge is -2.18. The van der Waals surface area contributed by atoms with Crippen LogP contribution < -0.4 is 0 Å². The average molecular weight is 1160 g/mol. The van der Waals surface area contributed by atoms with E-state index in [4.69, 9.17) is 14.2 Å². The van der Waals surface area contributed by atoms with Crippen LogP contribution in [-0.2, 0) is 28.6 Å². The molecule has 478 valence electrons. The van der Waals surface area contributed by atoms with Gasteiger partial charge in [0.05, 0.1) is 0 Å². The molecule has 0 fully saturated rings. The van der Waals surface area contributed by atoms with Crippen LogP contribution in [0.5, 0.6) is 0 Å². The van der Waals surface area contributed by atoms with Gasteiger partial charge in [0, 0.05) is 19.3 Å². The van der Waals surface area contributed by atoms with Crippen LogP contribution in [0, 0.1) is 0 Å². The van der Waals surface area contributed by atoms with E-state index in [0.717, 1.165) is 103 Å². The first-order chi connectivity index (χ1) is 41.0. The van der Waals surface area contributed by atoms with Gasteiger partial charge in [0.1, 0.15) is 13.2 Å². The van der Waals surface area contributed by atoms with Gasteiger partial charge in [-0.3, -0.25) is 14.4 Å². The Bertz CT molecular complexity index is 1610. The van der Waals surface area contributed by atoms with Gasteiger partial charge in [0.25, 0.3) is 0 Å². The topological polar surface area (TPSA) is 78.9 Å². The Labute approximate surface area is 515 Å². The van der Waals surface area contributed by atoms with Gasteiger partial charge in [-0.15, -0.1) is 0 Å². The monoisotopic (exact) mass is 1160 g/mol. The highest BCUT2D eigenvalue weighted by molar-refractivity contribution is 5.71. The third kappa shape index (κ3) is 69.0. The van der Waals surface area contributed by atoms with E-state index in [1.54, 1.807) is 0 Å². The van der Waals surface area contributed by atoms with E-state index >= 15 is 0 Å². The molecule has 0 amide bonds. The first kappa shape index (κ1) is 79.3. The number of unbranched alkanes of at least 4 members (excludes halogenated alkanes) is 38. The lowest BCUT2D eigenvalue weighted by atomic mass is 10.0. The average Bonchev–Trinajstić information content (AvgIpc) is 3.48. The van der Waals surface area contributed by atoms with E-state index in [-0.39, 0.29) is 37.5 Å². The second-order valence-electron chi connectivity index (χ2n) is 23.8. The molecule has 0 saturated heterocycles. The first-order valence-electron chi connectivity index (χ1n) is 35.7. The molecule has 0 aliphatic carbocycles. The van der Waals surface area contributed by atoms with Crippen LogP contribution in [0.2, 0.25) is 0 Å². The standard InChI is InChI=1S/C77H134O6/c1-4-7-10-13-16-19-22-24-26-28-30-32-33-34-35-36-37-38-39-40-41-42-43-45-46-48-50-52-55-58-61-64-67-70-76(79)82-73-74(72-81-75(78)69-66-63-60-57-54-21-18-15-12-9-6-3)83-77(80)71-68-65-62-59-56-53-51-49-47-44-31-29-27-25-23-20-17-14-11-8-5-2/h8,11,15,17-18,20,25,27-28,30-31,44,49,51,56,59,74H,4-7,9-10,12-14,16,19,21-24,26,29,32-43,45-48,50,52-55,57-58,60-73H2,1-3H3/b11-8-,18-15-,20-17-,27-25-,30-28-,44-31-,51-49-,59-56-. The van der Waals surface area contributed by atoms with E-state index in [2.05, 4.69) is 118 Å². The van der Waals surface area contributed by atoms with E-state index in [1.165, 1.54) is 205 Å². The number of ether oxygens (including phenoxy) is 3. The van der Waals surface area contributed by atoms with Gasteiger partial charge in [-0.1, -0.05) is 317 Å². The van der Waals surface area contributed by atoms with E-state index < -0.39 is 6.10 Å². The minimum absolute atomic E-state index is 0.0956. The van der Waals surface area contributed by atoms with Crippen LogP contribution >= 0.6 is 0 Å². The molecular formula is C77H134O6. The molecule has 0 bridgehead atoms. The van der Waals surface area contributed by atoms with Crippen molar-refractivity contribution in [2.75, 3.05) is 13.2 Å². The molecular weight excluding hydrogens is 1020 g/mol. The van der Waals surface area contributed by atoms with Crippen LogP contribution in [0.25, 0.3) is 0 Å². The summed E-state index contributed by atoms with van der Waals surface area (Å²) in [5, 5.41) is 0. The van der Waals surface area contributed by atoms with Gasteiger partial charge in [0.2, 0.25) is 0 Å². The number of carbonyl (C=O) groups excluding carboxylic acids is 3. The molecule has 1 unspecified atom stereocenters. The summed E-state index contributed by atoms with van der Waals surface area (Å²) in [6.45, 7) is 6.48. The summed E-state index contributed by atoms with van der Waals surface area (Å²) in [6, 6.07) is 0. The molecule has 0 aromatic rings. The molecule has 0 spiro atoms. The number of carbonyl (C=O) groups is 3. The Balaban J connectivity index is 4.18. The fourth-order valence-corrected chi connectivity index (χ4v) is 10.2. The molecule has 6 nitrogen and oxygen atoms in total. The SMILES string of the molecule is CC/C=C\C/C=C\C/C=C\C/C=C\C/C=C\C/C=C\CCCCC(=O)OC(COC(=O)CCCCCCC/C=C\CCCC)COC(=O)CCCCCCCCCCCCCCCCCCCCCCC/C=C\CCCCCCCCCC. The Morgan fingerprint density at radius 3 is 0.807 bits per heavy atom. The van der Waals surface area contributed by atoms with Crippen molar-refractivity contribution < 1.29 is 28.6 Å². The van der Waals surface area contributed by atoms with Gasteiger partial charge < -0.3 is 14.2 Å². The highest BCUT2D eigenvalue weighted by Gasteiger charge is 2.19. The Morgan fingerprint density at radius 2 is 0.482 bits per heavy atom. The Morgan fingerprint density at radius 1 is 0.253 bits per heavy atom. The third-order valence-electron chi connectivity index (χ3n) is 15.5. The minimum atomic E-state index is -0.805. The summed E-state index contributed by atoms with van der Waals surface area (Å²) in [7, 11) is 0. The smallest absolute Gasteiger partial charge is 0.306 e. The number of hydrogen-bond acceptors (Lipinski definition) is 6. The van der Waals surface area contributed by atoms with Crippen molar-refractivity contribution in [3.8, 4) is 0 Å². The molecule has 0 heterocycles. The van der Waals surface area contributed by atoms with E-state index in [1.807, 2.05) is 0 Å². The van der Waals surface area contributed by atoms with Crippen LogP contribution in [0.1, 0.15) is 355 Å². The molecule has 83 heavy (non-hydrogen) atoms. The van der Waals surface area contributed by atoms with E-state index in [0.29, 0.717) is 19.3 Å². The highest BCUT2D eigenvalue weighted by atomic mass is 16.6. The maximum Gasteiger partial charge on any atom is 0.306 e. The zero-order valence-electron chi connectivity index (χ0n) is 54.9. The molecule has 6 heteroatoms. The summed E-state index contributed by atoms with van der Waals surface area (Å²) in [5.41, 5.74) is 0. The van der Waals surface area contributed by atoms with Crippen LogP contribution in [0.3, 0.4) is 0 Å². The van der Waals surface area contributed by atoms with Crippen molar-refractivity contribution in [3.63, 3.8) is 0 Å². The molecule has 0 aliphatic heterocycles. The second-order valence-corrected chi connectivity index (χ2v) is 23.8. The van der Waals surface area contributed by atoms with Crippen molar-refractivity contribution in [1.82, 2.24) is 0 Å². The zero-order chi connectivity index (χ0) is 59.9. The first-order valence-corrected chi connectivity index (χ1v) is 35.7. The molecule has 0 N–H and O–H groups in total. The quantitative estimate of drug-likeness (QED) is 0.0261. The number of hydrogen-bond donors (Lipinski definition) is 0. The molecule has 1 atom stereocenters. The zero-order valence-corrected chi connectivity index (χ0v) is 54.9. The largest absolute Gasteiger partial charge is 0.462 e. The lowest BCUT2D eigenvalue weighted by molar-refractivity contribution is -0.167. The van der Waals surface area contributed by atoms with Gasteiger partial charge in [-0.2, -0.15) is 0 Å². The van der Waals surface area contributed by atoms with Crippen LogP contribution in [0.15, 0.2) is 97.2 Å². The van der Waals surface area contributed by atoms with Crippen molar-refractivity contribution in [1.29, 1.82) is 0 Å². The summed E-state index contributed by atoms with van der Waals surface area (Å²) in [4.78, 5) is 38.3. The predicted molar refractivity (Wildman–Crippen MR) is 362 cm³/mol. The van der Waals surface area contributed by atoms with Crippen molar-refractivity contribution in [2.24, 2.45) is 0 Å². The van der Waals surface area contributed by atoms with E-state index in [9.17, 15) is 14.4 Å². The fraction of sp³-hybridized carbons (Fsp3) is 0.753. The lowest BCUT2D eigenvalue weighted by Crippen LogP contribution is -2.30. The van der Waals surface area contributed by atoms with Crippen molar-refractivity contribution in [2.45, 2.75) is 361 Å². The Kier molecular flexibility index (Phi) is 67.7. The molecule has 0 radical (unpaired) electrons. The summed E-state index contributed by atoms with van der Waals surface area (Å²) < 4.78 is 16.9. The molecule has 0 rings (SSSR count). The van der Waals surface area contributed by atoms with Gasteiger partial charge in [0.15, 0.2) is 6.10 Å². The van der Waals surface area contributed by atoms with Crippen LogP contribution in [-0.4, -0.2) is 37.2 Å². The van der Waals surface area contributed by atoms with Gasteiger partial charge >= 0.3 is 17.9 Å². The highest BCUT2D eigenvalue weighted by Crippen LogP contribution is 2.18. The molecule has 0 saturated carbocycles. The summed E-state index contributed by atoms with van der Waals surface area (Å²) in [6.07, 6.45) is 96.1. The maximum atomic E-state index is 12.9. The molecule has 0 aromatic carbocycles. The van der Waals surface area contributed by atoms with Crippen molar-refractivity contribution in [3.05, 3.63) is 97.2 Å². The minimum Gasteiger partial charge on any atom is -0.462 e. The third-order valence-corrected chi connectivity index (χ3v) is 15.5. The van der Waals surface area contributed by atoms with Crippen LogP contribution in [0.4, 0.5) is 0 Å². The summed E-state index contributed by atoms with van der Waals surface area (Å²) in [5.74, 6) is -0.937. The van der Waals surface area contributed by atoms with Gasteiger partial charge in [-0.25, -0.2) is 0 Å². The molecule has 0 aliphatic rings. The molecule has 0 aromatic heterocycles. The summed E-state index contributed by atoms with van der Waals surface area (Å²) >= 11 is 0. The van der Waals surface area contributed by atoms with Crippen molar-refractivity contribution >= 4 is 17.9 Å². The predicted octanol–water partition coefficient (Wildman–Crippen LogP) is 24.8. The fourth-order valence-electron chi connectivity index (χ4n) is 10.2. The normalized spacial score (nSPS) is 12.7. The maximum absolute atomic E-state index is 12.9.